The first-order chi connectivity index (χ1) is 19.0. The third-order valence-corrected chi connectivity index (χ3v) is 6.69. The van der Waals surface area contributed by atoms with Gasteiger partial charge in [-0.25, -0.2) is 9.78 Å². The molecule has 6 nitrogen and oxygen atoms in total. The maximum atomic E-state index is 13.0. The van der Waals surface area contributed by atoms with Crippen molar-refractivity contribution in [3.05, 3.63) is 78.0 Å². The summed E-state index contributed by atoms with van der Waals surface area (Å²) in [4.78, 5) is 33.5. The predicted octanol–water partition coefficient (Wildman–Crippen LogP) is 7.84. The molecule has 0 unspecified atom stereocenters. The van der Waals surface area contributed by atoms with Crippen molar-refractivity contribution < 1.29 is 14.7 Å². The van der Waals surface area contributed by atoms with E-state index in [1.165, 1.54) is 38.5 Å². The molecule has 0 atom stereocenters. The van der Waals surface area contributed by atoms with Gasteiger partial charge in [-0.1, -0.05) is 101 Å². The van der Waals surface area contributed by atoms with E-state index >= 15 is 0 Å². The second-order valence-electron chi connectivity index (χ2n) is 9.84. The zero-order valence-electron chi connectivity index (χ0n) is 23.2. The molecule has 6 heteroatoms. The fourth-order valence-corrected chi connectivity index (χ4v) is 4.37. The van der Waals surface area contributed by atoms with Gasteiger partial charge in [0.2, 0.25) is 5.91 Å². The van der Waals surface area contributed by atoms with Crippen LogP contribution >= 0.6 is 0 Å². The molecule has 39 heavy (non-hydrogen) atoms. The molecule has 1 aromatic heterocycles. The number of imidazole rings is 1. The van der Waals surface area contributed by atoms with Gasteiger partial charge in [0.1, 0.15) is 5.82 Å². The summed E-state index contributed by atoms with van der Waals surface area (Å²) in [5, 5.41) is 8.78. The summed E-state index contributed by atoms with van der Waals surface area (Å²) in [7, 11) is 0. The van der Waals surface area contributed by atoms with E-state index in [0.29, 0.717) is 0 Å². The van der Waals surface area contributed by atoms with Crippen LogP contribution in [0.5, 0.6) is 0 Å². The van der Waals surface area contributed by atoms with Crippen LogP contribution in [0.3, 0.4) is 0 Å². The number of amides is 1. The van der Waals surface area contributed by atoms with E-state index in [-0.39, 0.29) is 5.91 Å². The van der Waals surface area contributed by atoms with Crippen molar-refractivity contribution in [1.82, 2.24) is 14.9 Å². The van der Waals surface area contributed by atoms with Crippen LogP contribution in [0, 0.1) is 0 Å². The smallest absolute Gasteiger partial charge is 0.328 e. The van der Waals surface area contributed by atoms with Crippen molar-refractivity contribution in [3.8, 4) is 22.6 Å². The number of aliphatic carboxylic acids is 1. The number of rotatable bonds is 16. The van der Waals surface area contributed by atoms with Gasteiger partial charge in [-0.05, 0) is 41.7 Å². The zero-order chi connectivity index (χ0) is 27.9. The Bertz CT molecular complexity index is 1210. The summed E-state index contributed by atoms with van der Waals surface area (Å²) >= 11 is 0. The van der Waals surface area contributed by atoms with Crippen LogP contribution in [0.2, 0.25) is 0 Å². The van der Waals surface area contributed by atoms with Gasteiger partial charge >= 0.3 is 5.97 Å². The number of carboxylic acid groups (broad SMARTS) is 1. The van der Waals surface area contributed by atoms with Gasteiger partial charge in [0.15, 0.2) is 0 Å². The Morgan fingerprint density at radius 2 is 1.31 bits per heavy atom. The van der Waals surface area contributed by atoms with Crippen molar-refractivity contribution in [1.29, 1.82) is 0 Å². The number of aromatic amines is 1. The van der Waals surface area contributed by atoms with Gasteiger partial charge in [0.25, 0.3) is 0 Å². The van der Waals surface area contributed by atoms with E-state index in [0.717, 1.165) is 65.8 Å². The maximum Gasteiger partial charge on any atom is 0.328 e. The Morgan fingerprint density at radius 3 is 1.85 bits per heavy atom. The van der Waals surface area contributed by atoms with Crippen LogP contribution in [0.25, 0.3) is 34.8 Å². The molecule has 0 saturated carbocycles. The summed E-state index contributed by atoms with van der Waals surface area (Å²) in [5.41, 5.74) is 4.61. The van der Waals surface area contributed by atoms with E-state index < -0.39 is 5.97 Å². The number of unbranched alkanes of at least 4 members (excludes halogenated alkanes) is 6. The topological polar surface area (TPSA) is 86.3 Å². The van der Waals surface area contributed by atoms with E-state index in [4.69, 9.17) is 5.11 Å². The standard InChI is InChI=1S/C33H41N3O3/c1-3-5-7-9-23-36(24-10-8-6-4-2)31(37)21-15-26-11-17-28(18-12-26)30-25-34-33(35-30)29-19-13-27(14-20-29)16-22-32(38)39/h11-22,25H,3-10,23-24H2,1-2H3,(H,34,35)(H,38,39). The average molecular weight is 528 g/mol. The first-order valence-corrected chi connectivity index (χ1v) is 14.1. The third-order valence-electron chi connectivity index (χ3n) is 6.69. The van der Waals surface area contributed by atoms with Gasteiger partial charge in [-0.3, -0.25) is 4.79 Å². The van der Waals surface area contributed by atoms with Gasteiger partial charge in [0.05, 0.1) is 11.9 Å². The highest BCUT2D eigenvalue weighted by Crippen LogP contribution is 2.23. The molecule has 2 N–H and O–H groups in total. The summed E-state index contributed by atoms with van der Waals surface area (Å²) in [6, 6.07) is 15.6. The summed E-state index contributed by atoms with van der Waals surface area (Å²) in [6.45, 7) is 6.07. The summed E-state index contributed by atoms with van der Waals surface area (Å²) < 4.78 is 0. The molecule has 0 radical (unpaired) electrons. The van der Waals surface area contributed by atoms with Gasteiger partial charge < -0.3 is 15.0 Å². The predicted molar refractivity (Wildman–Crippen MR) is 160 cm³/mol. The summed E-state index contributed by atoms with van der Waals surface area (Å²) in [5.74, 6) is -0.138. The zero-order valence-corrected chi connectivity index (χ0v) is 23.2. The minimum absolute atomic E-state index is 0.0924. The molecule has 3 rings (SSSR count). The maximum absolute atomic E-state index is 13.0. The number of nitrogens with zero attached hydrogens (tertiary/aromatic N) is 2. The number of benzene rings is 2. The second kappa shape index (κ2) is 16.1. The Balaban J connectivity index is 1.60. The normalized spacial score (nSPS) is 11.4. The van der Waals surface area contributed by atoms with E-state index in [2.05, 4.69) is 23.8 Å². The third kappa shape index (κ3) is 10.0. The van der Waals surface area contributed by atoms with E-state index in [1.807, 2.05) is 59.5 Å². The molecule has 0 aliphatic carbocycles. The number of aromatic nitrogens is 2. The lowest BCUT2D eigenvalue weighted by Gasteiger charge is -2.21. The van der Waals surface area contributed by atoms with Crippen LogP contribution in [0.4, 0.5) is 0 Å². The van der Waals surface area contributed by atoms with Gasteiger partial charge in [0, 0.05) is 30.8 Å². The highest BCUT2D eigenvalue weighted by atomic mass is 16.4. The Hall–Kier alpha value is -3.93. The van der Waals surface area contributed by atoms with Crippen molar-refractivity contribution in [3.63, 3.8) is 0 Å². The number of carbonyl (C=O) groups excluding carboxylic acids is 1. The molecule has 1 heterocycles. The number of H-pyrrole nitrogens is 1. The van der Waals surface area contributed by atoms with Crippen LogP contribution in [0.15, 0.2) is 66.9 Å². The molecule has 0 fully saturated rings. The van der Waals surface area contributed by atoms with Crippen molar-refractivity contribution in [2.45, 2.75) is 65.2 Å². The van der Waals surface area contributed by atoms with Gasteiger partial charge in [-0.2, -0.15) is 0 Å². The van der Waals surface area contributed by atoms with Crippen LogP contribution in [-0.2, 0) is 9.59 Å². The number of carbonyl (C=O) groups is 2. The first kappa shape index (κ1) is 29.6. The molecule has 3 aromatic rings. The SMILES string of the molecule is CCCCCCN(CCCCCC)C(=O)C=Cc1ccc(-c2cnc(-c3ccc(C=CC(=O)O)cc3)[nH]2)cc1. The Kier molecular flexibility index (Phi) is 12.2. The summed E-state index contributed by atoms with van der Waals surface area (Å²) in [6.07, 6.45) is 17.4. The molecule has 0 aliphatic heterocycles. The lowest BCUT2D eigenvalue weighted by atomic mass is 10.1. The highest BCUT2D eigenvalue weighted by molar-refractivity contribution is 5.91. The molecule has 0 aliphatic rings. The lowest BCUT2D eigenvalue weighted by Crippen LogP contribution is -2.31. The molecule has 206 valence electrons. The minimum atomic E-state index is -0.972. The largest absolute Gasteiger partial charge is 0.478 e. The van der Waals surface area contributed by atoms with Crippen molar-refractivity contribution in [2.24, 2.45) is 0 Å². The molecule has 2 aromatic carbocycles. The second-order valence-corrected chi connectivity index (χ2v) is 9.84. The molecule has 0 bridgehead atoms. The fourth-order valence-electron chi connectivity index (χ4n) is 4.37. The number of nitrogens with one attached hydrogen (secondary N) is 1. The van der Waals surface area contributed by atoms with E-state index in [1.54, 1.807) is 18.3 Å². The highest BCUT2D eigenvalue weighted by Gasteiger charge is 2.10. The minimum Gasteiger partial charge on any atom is -0.478 e. The Labute approximate surface area is 232 Å². The number of hydrogen-bond acceptors (Lipinski definition) is 3. The molecular formula is C33H41N3O3. The van der Waals surface area contributed by atoms with E-state index in [9.17, 15) is 9.59 Å². The van der Waals surface area contributed by atoms with Crippen LogP contribution in [0.1, 0.15) is 76.3 Å². The van der Waals surface area contributed by atoms with Gasteiger partial charge in [-0.15, -0.1) is 0 Å². The Morgan fingerprint density at radius 1 is 0.769 bits per heavy atom. The van der Waals surface area contributed by atoms with Crippen molar-refractivity contribution in [2.75, 3.05) is 13.1 Å². The monoisotopic (exact) mass is 527 g/mol. The number of hydrogen-bond donors (Lipinski definition) is 2. The molecular weight excluding hydrogens is 486 g/mol. The first-order valence-electron chi connectivity index (χ1n) is 14.1. The van der Waals surface area contributed by atoms with Crippen LogP contribution < -0.4 is 0 Å². The lowest BCUT2D eigenvalue weighted by molar-refractivity contribution is -0.131. The quantitative estimate of drug-likeness (QED) is 0.147. The fraction of sp³-hybridized carbons (Fsp3) is 0.364. The molecule has 1 amide bonds. The van der Waals surface area contributed by atoms with Crippen molar-refractivity contribution >= 4 is 24.0 Å². The number of carboxylic acids is 1. The average Bonchev–Trinajstić information content (AvgIpc) is 3.45. The van der Waals surface area contributed by atoms with Crippen LogP contribution in [-0.4, -0.2) is 44.9 Å². The molecule has 0 spiro atoms. The molecule has 0 saturated heterocycles.